The lowest BCUT2D eigenvalue weighted by Crippen LogP contribution is -2.32. The summed E-state index contributed by atoms with van der Waals surface area (Å²) >= 11 is 0. The van der Waals surface area contributed by atoms with E-state index < -0.39 is 23.8 Å². The van der Waals surface area contributed by atoms with Crippen LogP contribution in [-0.4, -0.2) is 34.2 Å². The summed E-state index contributed by atoms with van der Waals surface area (Å²) in [7, 11) is 1.53. The zero-order valence-electron chi connectivity index (χ0n) is 13.2. The molecule has 3 rings (SSSR count). The Morgan fingerprint density at radius 2 is 2.12 bits per heavy atom. The van der Waals surface area contributed by atoms with E-state index in [1.165, 1.54) is 7.11 Å². The van der Waals surface area contributed by atoms with E-state index in [-0.39, 0.29) is 11.7 Å². The number of amides is 1. The number of carboxylic acid groups (broad SMARTS) is 1. The predicted octanol–water partition coefficient (Wildman–Crippen LogP) is 1.31. The van der Waals surface area contributed by atoms with Crippen LogP contribution >= 0.6 is 0 Å². The molecule has 1 aliphatic carbocycles. The average molecular weight is 331 g/mol. The van der Waals surface area contributed by atoms with Crippen molar-refractivity contribution in [1.82, 2.24) is 15.5 Å². The van der Waals surface area contributed by atoms with Gasteiger partial charge in [-0.05, 0) is 12.5 Å². The monoisotopic (exact) mass is 331 g/mol. The number of para-hydroxylation sites is 1. The molecule has 0 unspecified atom stereocenters. The minimum atomic E-state index is -0.959. The molecule has 1 aromatic heterocycles. The van der Waals surface area contributed by atoms with Gasteiger partial charge in [-0.3, -0.25) is 9.59 Å². The van der Waals surface area contributed by atoms with Crippen molar-refractivity contribution in [3.05, 3.63) is 41.5 Å². The maximum atomic E-state index is 12.4. The Morgan fingerprint density at radius 1 is 1.38 bits per heavy atom. The largest absolute Gasteiger partial charge is 0.496 e. The third-order valence-electron chi connectivity index (χ3n) is 3.98. The molecule has 1 aromatic carbocycles. The van der Waals surface area contributed by atoms with E-state index in [1.807, 2.05) is 6.07 Å². The highest BCUT2D eigenvalue weighted by atomic mass is 16.5. The second kappa shape index (κ2) is 6.31. The Kier molecular flexibility index (Phi) is 4.20. The number of nitrogens with zero attached hydrogens (tertiary/aromatic N) is 2. The fourth-order valence-corrected chi connectivity index (χ4v) is 2.63. The molecule has 0 bridgehead atoms. The van der Waals surface area contributed by atoms with Gasteiger partial charge in [-0.15, -0.1) is 0 Å². The van der Waals surface area contributed by atoms with Crippen LogP contribution in [0.3, 0.4) is 0 Å². The van der Waals surface area contributed by atoms with Crippen molar-refractivity contribution >= 4 is 11.9 Å². The fraction of sp³-hybridized carbons (Fsp3) is 0.375. The van der Waals surface area contributed by atoms with Crippen molar-refractivity contribution in [3.8, 4) is 5.75 Å². The van der Waals surface area contributed by atoms with Crippen molar-refractivity contribution in [2.24, 2.45) is 11.8 Å². The number of hydrogen-bond acceptors (Lipinski definition) is 6. The van der Waals surface area contributed by atoms with Gasteiger partial charge in [-0.1, -0.05) is 23.4 Å². The quantitative estimate of drug-likeness (QED) is 0.820. The molecule has 0 radical (unpaired) electrons. The van der Waals surface area contributed by atoms with Crippen LogP contribution in [-0.2, 0) is 9.59 Å². The molecule has 1 amide bonds. The van der Waals surface area contributed by atoms with Crippen LogP contribution in [0.25, 0.3) is 0 Å². The Morgan fingerprint density at radius 3 is 2.71 bits per heavy atom. The van der Waals surface area contributed by atoms with Gasteiger partial charge < -0.3 is 19.7 Å². The number of benzene rings is 1. The summed E-state index contributed by atoms with van der Waals surface area (Å²) in [6.07, 6.45) is 0.338. The summed E-state index contributed by atoms with van der Waals surface area (Å²) < 4.78 is 10.4. The van der Waals surface area contributed by atoms with Gasteiger partial charge in [0, 0.05) is 12.5 Å². The van der Waals surface area contributed by atoms with Gasteiger partial charge in [0.2, 0.25) is 11.8 Å². The molecule has 1 fully saturated rings. The molecule has 0 spiro atoms. The average Bonchev–Trinajstić information content (AvgIpc) is 3.28. The number of carbonyl (C=O) groups excluding carboxylic acids is 1. The molecule has 3 atom stereocenters. The van der Waals surface area contributed by atoms with Crippen molar-refractivity contribution in [2.75, 3.05) is 7.11 Å². The topological polar surface area (TPSA) is 115 Å². The first kappa shape index (κ1) is 16.0. The van der Waals surface area contributed by atoms with Gasteiger partial charge in [-0.25, -0.2) is 0 Å². The van der Waals surface area contributed by atoms with E-state index in [1.54, 1.807) is 25.1 Å². The first-order valence-electron chi connectivity index (χ1n) is 7.47. The number of hydrogen-bond donors (Lipinski definition) is 2. The molecule has 1 saturated carbocycles. The van der Waals surface area contributed by atoms with Crippen LogP contribution in [0, 0.1) is 18.8 Å². The molecule has 1 aliphatic rings. The number of methoxy groups -OCH3 is 1. The van der Waals surface area contributed by atoms with E-state index in [0.29, 0.717) is 23.6 Å². The molecule has 1 heterocycles. The number of carboxylic acids is 1. The van der Waals surface area contributed by atoms with Crippen LogP contribution in [0.2, 0.25) is 0 Å². The van der Waals surface area contributed by atoms with E-state index in [0.717, 1.165) is 0 Å². The number of rotatable bonds is 6. The van der Waals surface area contributed by atoms with Gasteiger partial charge in [0.25, 0.3) is 0 Å². The predicted molar refractivity (Wildman–Crippen MR) is 81.2 cm³/mol. The van der Waals surface area contributed by atoms with E-state index >= 15 is 0 Å². The Balaban J connectivity index is 1.89. The molecule has 2 aromatic rings. The number of aromatic nitrogens is 2. The molecule has 0 saturated heterocycles. The summed E-state index contributed by atoms with van der Waals surface area (Å²) in [6.45, 7) is 1.65. The van der Waals surface area contributed by atoms with E-state index in [2.05, 4.69) is 15.5 Å². The van der Waals surface area contributed by atoms with Gasteiger partial charge in [-0.2, -0.15) is 4.98 Å². The third kappa shape index (κ3) is 3.08. The third-order valence-corrected chi connectivity index (χ3v) is 3.98. The second-order valence-electron chi connectivity index (χ2n) is 5.64. The highest BCUT2D eigenvalue weighted by Gasteiger charge is 2.49. The molecular formula is C16H17N3O5. The Labute approximate surface area is 137 Å². The Hall–Kier alpha value is -2.90. The summed E-state index contributed by atoms with van der Waals surface area (Å²) in [6, 6.07) is 6.49. The van der Waals surface area contributed by atoms with Gasteiger partial charge >= 0.3 is 5.97 Å². The number of aliphatic carboxylic acids is 1. The molecule has 8 heteroatoms. The van der Waals surface area contributed by atoms with Gasteiger partial charge in [0.05, 0.1) is 18.9 Å². The SMILES string of the molecule is COc1ccccc1[C@H](NC(=O)[C@@H]1C[C@@H]1C(=O)O)c1noc(C)n1. The van der Waals surface area contributed by atoms with Crippen LogP contribution in [0.4, 0.5) is 0 Å². The van der Waals surface area contributed by atoms with E-state index in [9.17, 15) is 9.59 Å². The zero-order chi connectivity index (χ0) is 17.3. The molecule has 2 N–H and O–H groups in total. The lowest BCUT2D eigenvalue weighted by molar-refractivity contribution is -0.140. The fourth-order valence-electron chi connectivity index (χ4n) is 2.63. The first-order chi connectivity index (χ1) is 11.5. The normalized spacial score (nSPS) is 20.2. The smallest absolute Gasteiger partial charge is 0.307 e. The second-order valence-corrected chi connectivity index (χ2v) is 5.64. The number of ether oxygens (including phenoxy) is 1. The van der Waals surface area contributed by atoms with E-state index in [4.69, 9.17) is 14.4 Å². The number of carbonyl (C=O) groups is 2. The lowest BCUT2D eigenvalue weighted by atomic mass is 10.0. The van der Waals surface area contributed by atoms with Crippen molar-refractivity contribution in [2.45, 2.75) is 19.4 Å². The molecule has 24 heavy (non-hydrogen) atoms. The standard InChI is InChI=1S/C16H17N3O5/c1-8-17-14(19-24-8)13(9-5-3-4-6-12(9)23-2)18-15(20)10-7-11(10)16(21)22/h3-6,10-11,13H,7H2,1-2H3,(H,18,20)(H,21,22)/t10-,11+,13+/m1/s1. The molecule has 0 aliphatic heterocycles. The summed E-state index contributed by atoms with van der Waals surface area (Å²) in [5.74, 6) is -1.24. The summed E-state index contributed by atoms with van der Waals surface area (Å²) in [5, 5.41) is 15.7. The van der Waals surface area contributed by atoms with Gasteiger partial charge in [0.15, 0.2) is 5.82 Å². The maximum absolute atomic E-state index is 12.4. The first-order valence-corrected chi connectivity index (χ1v) is 7.47. The number of nitrogens with one attached hydrogen (secondary N) is 1. The Bertz CT molecular complexity index is 773. The van der Waals surface area contributed by atoms with Crippen LogP contribution in [0.1, 0.15) is 29.7 Å². The minimum Gasteiger partial charge on any atom is -0.496 e. The van der Waals surface area contributed by atoms with Crippen LogP contribution < -0.4 is 10.1 Å². The van der Waals surface area contributed by atoms with Crippen molar-refractivity contribution < 1.29 is 24.0 Å². The van der Waals surface area contributed by atoms with Crippen LogP contribution in [0.5, 0.6) is 5.75 Å². The highest BCUT2D eigenvalue weighted by Crippen LogP contribution is 2.39. The summed E-state index contributed by atoms with van der Waals surface area (Å²) in [4.78, 5) is 27.5. The van der Waals surface area contributed by atoms with Gasteiger partial charge in [0.1, 0.15) is 11.8 Å². The maximum Gasteiger partial charge on any atom is 0.307 e. The summed E-state index contributed by atoms with van der Waals surface area (Å²) in [5.41, 5.74) is 0.668. The molecule has 126 valence electrons. The number of aryl methyl sites for hydroxylation is 1. The minimum absolute atomic E-state index is 0.290. The van der Waals surface area contributed by atoms with Crippen molar-refractivity contribution in [1.29, 1.82) is 0 Å². The van der Waals surface area contributed by atoms with Crippen LogP contribution in [0.15, 0.2) is 28.8 Å². The zero-order valence-corrected chi connectivity index (χ0v) is 13.2. The lowest BCUT2D eigenvalue weighted by Gasteiger charge is -2.18. The highest BCUT2D eigenvalue weighted by molar-refractivity contribution is 5.89. The van der Waals surface area contributed by atoms with Crippen molar-refractivity contribution in [3.63, 3.8) is 0 Å². The molecular weight excluding hydrogens is 314 g/mol. The molecule has 8 nitrogen and oxygen atoms in total.